The molecular formula is C9H11N4O3+. The third-order valence-corrected chi connectivity index (χ3v) is 2.32. The lowest BCUT2D eigenvalue weighted by molar-refractivity contribution is -0.661. The minimum absolute atomic E-state index is 0.0411. The molecule has 84 valence electrons. The Hall–Kier alpha value is -2.31. The van der Waals surface area contributed by atoms with E-state index in [9.17, 15) is 14.8 Å². The van der Waals surface area contributed by atoms with E-state index in [2.05, 4.69) is 5.43 Å². The molecule has 2 rings (SSSR count). The van der Waals surface area contributed by atoms with Crippen LogP contribution in [0.25, 0.3) is 0 Å². The van der Waals surface area contributed by atoms with Crippen molar-refractivity contribution in [2.24, 2.45) is 0 Å². The first-order valence-electron chi connectivity index (χ1n) is 4.67. The first kappa shape index (κ1) is 10.2. The van der Waals surface area contributed by atoms with Gasteiger partial charge >= 0.3 is 0 Å². The summed E-state index contributed by atoms with van der Waals surface area (Å²) in [6.07, 6.45) is 0.0796. The summed E-state index contributed by atoms with van der Waals surface area (Å²) in [7, 11) is 0. The molecule has 16 heavy (non-hydrogen) atoms. The third-order valence-electron chi connectivity index (χ3n) is 2.32. The van der Waals surface area contributed by atoms with E-state index in [0.29, 0.717) is 11.3 Å². The van der Waals surface area contributed by atoms with Gasteiger partial charge in [0, 0.05) is 17.3 Å². The first-order valence-corrected chi connectivity index (χ1v) is 4.67. The van der Waals surface area contributed by atoms with Crippen LogP contribution in [0.1, 0.15) is 18.0 Å². The molecular weight excluding hydrogens is 212 g/mol. The van der Waals surface area contributed by atoms with Crippen LogP contribution in [0, 0.1) is 4.91 Å². The standard InChI is InChI=1S/C9H10N4O3/c10-5-1-2-6(8(14)3-5)7-4-9(15)12-13(16)11-7/h1-3,7H,4,10H2,(H2-,11,12,14,15,16)/p+1. The number of hydrogen-bond acceptors (Lipinski definition) is 4. The van der Waals surface area contributed by atoms with E-state index in [4.69, 9.17) is 5.73 Å². The van der Waals surface area contributed by atoms with Crippen LogP contribution in [-0.2, 0) is 4.79 Å². The number of rotatable bonds is 1. The Balaban J connectivity index is 2.29. The highest BCUT2D eigenvalue weighted by atomic mass is 16.4. The summed E-state index contributed by atoms with van der Waals surface area (Å²) < 4.78 is 0. The number of carbonyl (C=O) groups is 1. The number of hydrogen-bond donors (Lipinski definition) is 4. The molecule has 1 unspecified atom stereocenters. The fourth-order valence-electron chi connectivity index (χ4n) is 1.60. The Morgan fingerprint density at radius 3 is 2.88 bits per heavy atom. The molecule has 0 radical (unpaired) electrons. The lowest BCUT2D eigenvalue weighted by Crippen LogP contribution is -2.49. The second-order valence-electron chi connectivity index (χ2n) is 3.53. The minimum Gasteiger partial charge on any atom is -0.508 e. The molecule has 5 N–H and O–H groups in total. The van der Waals surface area contributed by atoms with Gasteiger partial charge in [-0.05, 0) is 6.07 Å². The van der Waals surface area contributed by atoms with Gasteiger partial charge in [0.15, 0.2) is 0 Å². The molecule has 1 aromatic rings. The molecule has 0 spiro atoms. The van der Waals surface area contributed by atoms with E-state index in [1.165, 1.54) is 6.07 Å². The smallest absolute Gasteiger partial charge is 0.284 e. The maximum Gasteiger partial charge on any atom is 0.284 e. The normalized spacial score (nSPS) is 20.1. The van der Waals surface area contributed by atoms with E-state index >= 15 is 0 Å². The Morgan fingerprint density at radius 2 is 2.25 bits per heavy atom. The van der Waals surface area contributed by atoms with Gasteiger partial charge in [-0.15, -0.1) is 5.43 Å². The van der Waals surface area contributed by atoms with Crippen LogP contribution >= 0.6 is 0 Å². The number of phenols is 1. The van der Waals surface area contributed by atoms with Crippen molar-refractivity contribution in [2.45, 2.75) is 12.5 Å². The van der Waals surface area contributed by atoms with Crippen LogP contribution in [-0.4, -0.2) is 16.0 Å². The summed E-state index contributed by atoms with van der Waals surface area (Å²) in [5.74, 6) is -0.449. The second kappa shape index (κ2) is 3.69. The van der Waals surface area contributed by atoms with Gasteiger partial charge in [-0.25, -0.2) is 0 Å². The Morgan fingerprint density at radius 1 is 1.50 bits per heavy atom. The van der Waals surface area contributed by atoms with Crippen molar-refractivity contribution >= 4 is 11.6 Å². The van der Waals surface area contributed by atoms with E-state index in [0.717, 1.165) is 0 Å². The fourth-order valence-corrected chi connectivity index (χ4v) is 1.60. The highest BCUT2D eigenvalue weighted by molar-refractivity contribution is 5.76. The van der Waals surface area contributed by atoms with Crippen LogP contribution < -0.4 is 16.6 Å². The number of aromatic hydroxyl groups is 1. The number of nitrogens with two attached hydrogens (primary N) is 1. The van der Waals surface area contributed by atoms with Crippen molar-refractivity contribution in [2.75, 3.05) is 5.73 Å². The number of anilines is 1. The highest BCUT2D eigenvalue weighted by Gasteiger charge is 2.32. The number of nitroso groups, excluding NO2 is 1. The zero-order valence-electron chi connectivity index (χ0n) is 8.30. The fraction of sp³-hybridized carbons (Fsp3) is 0.222. The number of phenolic OH excluding ortho intramolecular Hbond substituents is 1. The van der Waals surface area contributed by atoms with E-state index in [-0.39, 0.29) is 17.1 Å². The van der Waals surface area contributed by atoms with Gasteiger partial charge in [-0.3, -0.25) is 4.79 Å². The number of hydrazine groups is 2. The van der Waals surface area contributed by atoms with Gasteiger partial charge < -0.3 is 10.8 Å². The van der Waals surface area contributed by atoms with Crippen molar-refractivity contribution < 1.29 is 14.9 Å². The maximum atomic E-state index is 11.1. The molecule has 1 saturated heterocycles. The Bertz CT molecular complexity index is 444. The average molecular weight is 223 g/mol. The maximum absolute atomic E-state index is 11.1. The van der Waals surface area contributed by atoms with E-state index in [1.54, 1.807) is 12.1 Å². The van der Waals surface area contributed by atoms with Crippen molar-refractivity contribution in [1.82, 2.24) is 10.9 Å². The average Bonchev–Trinajstić information content (AvgIpc) is 2.15. The minimum atomic E-state index is -0.549. The quantitative estimate of drug-likeness (QED) is 0.387. The molecule has 0 aliphatic carbocycles. The molecule has 1 heterocycles. The summed E-state index contributed by atoms with van der Waals surface area (Å²) in [5.41, 5.74) is 10.9. The topological polar surface area (TPSA) is 107 Å². The monoisotopic (exact) mass is 223 g/mol. The zero-order valence-corrected chi connectivity index (χ0v) is 8.30. The van der Waals surface area contributed by atoms with Crippen molar-refractivity contribution in [1.29, 1.82) is 0 Å². The summed E-state index contributed by atoms with van der Waals surface area (Å²) in [5, 5.41) is 9.64. The van der Waals surface area contributed by atoms with Crippen LogP contribution in [0.5, 0.6) is 5.75 Å². The predicted molar refractivity (Wildman–Crippen MR) is 54.8 cm³/mol. The summed E-state index contributed by atoms with van der Waals surface area (Å²) >= 11 is 0. The Kier molecular flexibility index (Phi) is 2.35. The molecule has 0 aromatic heterocycles. The van der Waals surface area contributed by atoms with Gasteiger partial charge in [0.1, 0.15) is 11.8 Å². The highest BCUT2D eigenvalue weighted by Crippen LogP contribution is 2.28. The molecule has 1 aromatic carbocycles. The summed E-state index contributed by atoms with van der Waals surface area (Å²) in [4.78, 5) is 22.4. The molecule has 1 aliphatic rings. The predicted octanol–water partition coefficient (Wildman–Crippen LogP) is -0.266. The number of nitrogens with one attached hydrogen (secondary N) is 2. The van der Waals surface area contributed by atoms with E-state index in [1.807, 2.05) is 5.43 Å². The first-order chi connectivity index (χ1) is 7.56. The van der Waals surface area contributed by atoms with Gasteiger partial charge in [-0.1, -0.05) is 11.5 Å². The molecule has 0 saturated carbocycles. The molecule has 7 heteroatoms. The number of amides is 1. The zero-order chi connectivity index (χ0) is 11.7. The number of benzene rings is 1. The van der Waals surface area contributed by atoms with Crippen LogP contribution in [0.15, 0.2) is 18.2 Å². The van der Waals surface area contributed by atoms with Gasteiger partial charge in [-0.2, -0.15) is 0 Å². The molecule has 1 amide bonds. The summed E-state index contributed by atoms with van der Waals surface area (Å²) in [6, 6.07) is 4.00. The van der Waals surface area contributed by atoms with E-state index < -0.39 is 11.9 Å². The SMILES string of the molecule is Nc1ccc(C2CC(=O)N[N+](=O)N2)c(O)c1. The van der Waals surface area contributed by atoms with Crippen molar-refractivity contribution in [3.63, 3.8) is 0 Å². The van der Waals surface area contributed by atoms with Crippen LogP contribution in [0.4, 0.5) is 5.69 Å². The molecule has 1 atom stereocenters. The molecule has 0 bridgehead atoms. The number of nitrogens with zero attached hydrogens (tertiary/aromatic N) is 1. The number of nitrogen functional groups attached to an aromatic ring is 1. The molecule has 1 aliphatic heterocycles. The molecule has 7 nitrogen and oxygen atoms in total. The second-order valence-corrected chi connectivity index (χ2v) is 3.53. The van der Waals surface area contributed by atoms with Crippen molar-refractivity contribution in [3.05, 3.63) is 28.7 Å². The van der Waals surface area contributed by atoms with Gasteiger partial charge in [0.25, 0.3) is 10.9 Å². The van der Waals surface area contributed by atoms with Gasteiger partial charge in [0.2, 0.25) is 0 Å². The number of carbonyl (C=O) groups excluding carboxylic acids is 1. The Labute approximate surface area is 90.8 Å². The molecule has 1 fully saturated rings. The summed E-state index contributed by atoms with van der Waals surface area (Å²) in [6.45, 7) is 0. The largest absolute Gasteiger partial charge is 0.508 e. The third kappa shape index (κ3) is 1.88. The van der Waals surface area contributed by atoms with Crippen LogP contribution in [0.2, 0.25) is 0 Å². The van der Waals surface area contributed by atoms with Crippen molar-refractivity contribution in [3.8, 4) is 5.75 Å². The van der Waals surface area contributed by atoms with Gasteiger partial charge in [0.05, 0.1) is 11.3 Å². The lowest BCUT2D eigenvalue weighted by atomic mass is 10.0. The lowest BCUT2D eigenvalue weighted by Gasteiger charge is -2.17. The van der Waals surface area contributed by atoms with Crippen LogP contribution in [0.3, 0.4) is 0 Å².